The zero-order valence-electron chi connectivity index (χ0n) is 9.36. The highest BCUT2D eigenvalue weighted by atomic mass is 16.4. The first-order valence-electron chi connectivity index (χ1n) is 5.31. The first kappa shape index (κ1) is 12.3. The SMILES string of the molecule is C=Cc1cc(CCCC)c(O)c(C(=O)O)c1. The molecule has 0 heterocycles. The molecule has 0 amide bonds. The number of benzene rings is 1. The third-order valence-electron chi connectivity index (χ3n) is 2.48. The van der Waals surface area contributed by atoms with Crippen molar-refractivity contribution in [2.45, 2.75) is 26.2 Å². The Kier molecular flexibility index (Phi) is 4.11. The lowest BCUT2D eigenvalue weighted by molar-refractivity contribution is 0.0693. The van der Waals surface area contributed by atoms with Crippen LogP contribution in [-0.4, -0.2) is 16.2 Å². The van der Waals surface area contributed by atoms with Crippen molar-refractivity contribution in [3.05, 3.63) is 35.4 Å². The van der Waals surface area contributed by atoms with E-state index in [4.69, 9.17) is 5.11 Å². The number of unbranched alkanes of at least 4 members (excludes halogenated alkanes) is 1. The largest absolute Gasteiger partial charge is 0.507 e. The van der Waals surface area contributed by atoms with Crippen LogP contribution in [0.3, 0.4) is 0 Å². The number of carboxylic acids is 1. The van der Waals surface area contributed by atoms with Crippen molar-refractivity contribution in [2.24, 2.45) is 0 Å². The smallest absolute Gasteiger partial charge is 0.339 e. The van der Waals surface area contributed by atoms with Crippen LogP contribution >= 0.6 is 0 Å². The molecule has 0 saturated heterocycles. The summed E-state index contributed by atoms with van der Waals surface area (Å²) in [5, 5.41) is 18.7. The zero-order chi connectivity index (χ0) is 12.1. The van der Waals surface area contributed by atoms with Crippen LogP contribution in [0.4, 0.5) is 0 Å². The molecular formula is C13H16O3. The Bertz CT molecular complexity index is 408. The van der Waals surface area contributed by atoms with Gasteiger partial charge in [-0.25, -0.2) is 4.79 Å². The summed E-state index contributed by atoms with van der Waals surface area (Å²) >= 11 is 0. The average Bonchev–Trinajstić information content (AvgIpc) is 2.27. The normalized spacial score (nSPS) is 10.1. The molecular weight excluding hydrogens is 204 g/mol. The monoisotopic (exact) mass is 220 g/mol. The predicted octanol–water partition coefficient (Wildman–Crippen LogP) is 3.08. The topological polar surface area (TPSA) is 57.5 Å². The lowest BCUT2D eigenvalue weighted by Gasteiger charge is -2.08. The molecule has 1 aromatic rings. The maximum atomic E-state index is 10.9. The van der Waals surface area contributed by atoms with Crippen molar-refractivity contribution in [2.75, 3.05) is 0 Å². The van der Waals surface area contributed by atoms with E-state index in [1.165, 1.54) is 6.07 Å². The van der Waals surface area contributed by atoms with Gasteiger partial charge in [0, 0.05) is 0 Å². The van der Waals surface area contributed by atoms with Crippen LogP contribution in [0.1, 0.15) is 41.3 Å². The summed E-state index contributed by atoms with van der Waals surface area (Å²) in [4.78, 5) is 10.9. The summed E-state index contributed by atoms with van der Waals surface area (Å²) in [6, 6.07) is 3.21. The van der Waals surface area contributed by atoms with Gasteiger partial charge in [-0.1, -0.05) is 26.0 Å². The van der Waals surface area contributed by atoms with Crippen molar-refractivity contribution in [1.82, 2.24) is 0 Å². The van der Waals surface area contributed by atoms with Gasteiger partial charge in [0.2, 0.25) is 0 Å². The Balaban J connectivity index is 3.20. The summed E-state index contributed by atoms with van der Waals surface area (Å²) in [7, 11) is 0. The minimum atomic E-state index is -1.11. The second kappa shape index (κ2) is 5.35. The van der Waals surface area contributed by atoms with Gasteiger partial charge in [-0.3, -0.25) is 0 Å². The first-order valence-corrected chi connectivity index (χ1v) is 5.31. The molecule has 0 aromatic heterocycles. The molecule has 1 aromatic carbocycles. The van der Waals surface area contributed by atoms with Crippen LogP contribution in [0.25, 0.3) is 6.08 Å². The van der Waals surface area contributed by atoms with Gasteiger partial charge in [-0.05, 0) is 36.1 Å². The van der Waals surface area contributed by atoms with E-state index in [1.807, 2.05) is 6.92 Å². The lowest BCUT2D eigenvalue weighted by atomic mass is 10.00. The Morgan fingerprint density at radius 2 is 2.19 bits per heavy atom. The highest BCUT2D eigenvalue weighted by Crippen LogP contribution is 2.26. The average molecular weight is 220 g/mol. The zero-order valence-corrected chi connectivity index (χ0v) is 9.36. The van der Waals surface area contributed by atoms with Gasteiger partial charge in [0.05, 0.1) is 0 Å². The molecule has 3 nitrogen and oxygen atoms in total. The van der Waals surface area contributed by atoms with Gasteiger partial charge in [-0.2, -0.15) is 0 Å². The molecule has 16 heavy (non-hydrogen) atoms. The van der Waals surface area contributed by atoms with E-state index in [0.29, 0.717) is 12.0 Å². The molecule has 0 atom stereocenters. The number of hydrogen-bond donors (Lipinski definition) is 2. The number of carboxylic acid groups (broad SMARTS) is 1. The van der Waals surface area contributed by atoms with Crippen molar-refractivity contribution >= 4 is 12.0 Å². The molecule has 0 saturated carbocycles. The third-order valence-corrected chi connectivity index (χ3v) is 2.48. The van der Waals surface area contributed by atoms with Gasteiger partial charge in [0.25, 0.3) is 0 Å². The van der Waals surface area contributed by atoms with E-state index < -0.39 is 5.97 Å². The molecule has 0 unspecified atom stereocenters. The van der Waals surface area contributed by atoms with Gasteiger partial charge >= 0.3 is 5.97 Å². The van der Waals surface area contributed by atoms with Crippen molar-refractivity contribution in [3.63, 3.8) is 0 Å². The Morgan fingerprint density at radius 3 is 2.69 bits per heavy atom. The first-order chi connectivity index (χ1) is 7.60. The fourth-order valence-electron chi connectivity index (χ4n) is 1.56. The standard InChI is InChI=1S/C13H16O3/c1-3-5-6-10-7-9(4-2)8-11(12(10)14)13(15)16/h4,7-8,14H,2-3,5-6H2,1H3,(H,15,16). The maximum Gasteiger partial charge on any atom is 0.339 e. The summed E-state index contributed by atoms with van der Waals surface area (Å²) < 4.78 is 0. The van der Waals surface area contributed by atoms with Crippen LogP contribution in [-0.2, 0) is 6.42 Å². The summed E-state index contributed by atoms with van der Waals surface area (Å²) in [6.45, 7) is 5.66. The second-order valence-corrected chi connectivity index (χ2v) is 3.69. The lowest BCUT2D eigenvalue weighted by Crippen LogP contribution is -2.00. The maximum absolute atomic E-state index is 10.9. The van der Waals surface area contributed by atoms with Crippen LogP contribution in [0.15, 0.2) is 18.7 Å². The summed E-state index contributed by atoms with van der Waals surface area (Å²) in [5.41, 5.74) is 1.35. The molecule has 3 heteroatoms. The molecule has 86 valence electrons. The fraction of sp³-hybridized carbons (Fsp3) is 0.308. The second-order valence-electron chi connectivity index (χ2n) is 3.69. The Labute approximate surface area is 95.0 Å². The van der Waals surface area contributed by atoms with Gasteiger partial charge in [0.15, 0.2) is 0 Å². The molecule has 0 aliphatic heterocycles. The van der Waals surface area contributed by atoms with E-state index in [-0.39, 0.29) is 11.3 Å². The van der Waals surface area contributed by atoms with E-state index in [2.05, 4.69) is 6.58 Å². The van der Waals surface area contributed by atoms with E-state index in [9.17, 15) is 9.90 Å². The number of carbonyl (C=O) groups is 1. The molecule has 0 radical (unpaired) electrons. The Hall–Kier alpha value is -1.77. The molecule has 0 fully saturated rings. The quantitative estimate of drug-likeness (QED) is 0.801. The van der Waals surface area contributed by atoms with E-state index >= 15 is 0 Å². The molecule has 0 spiro atoms. The van der Waals surface area contributed by atoms with E-state index in [0.717, 1.165) is 18.4 Å². The van der Waals surface area contributed by atoms with Gasteiger partial charge in [0.1, 0.15) is 11.3 Å². The summed E-state index contributed by atoms with van der Waals surface area (Å²) in [5.74, 6) is -1.23. The molecule has 1 rings (SSSR count). The number of rotatable bonds is 5. The van der Waals surface area contributed by atoms with Crippen LogP contribution in [0.2, 0.25) is 0 Å². The van der Waals surface area contributed by atoms with Crippen molar-refractivity contribution < 1.29 is 15.0 Å². The van der Waals surface area contributed by atoms with Gasteiger partial charge in [-0.15, -0.1) is 0 Å². The van der Waals surface area contributed by atoms with E-state index in [1.54, 1.807) is 12.1 Å². The molecule has 0 bridgehead atoms. The minimum absolute atomic E-state index is 0.0523. The number of aromatic carboxylic acids is 1. The third kappa shape index (κ3) is 2.63. The fourth-order valence-corrected chi connectivity index (χ4v) is 1.56. The van der Waals surface area contributed by atoms with Gasteiger partial charge < -0.3 is 10.2 Å². The minimum Gasteiger partial charge on any atom is -0.507 e. The number of phenols is 1. The Morgan fingerprint density at radius 1 is 1.50 bits per heavy atom. The van der Waals surface area contributed by atoms with Crippen LogP contribution in [0, 0.1) is 0 Å². The van der Waals surface area contributed by atoms with Crippen LogP contribution in [0.5, 0.6) is 5.75 Å². The number of hydrogen-bond acceptors (Lipinski definition) is 2. The predicted molar refractivity (Wildman–Crippen MR) is 63.8 cm³/mol. The molecule has 0 aliphatic carbocycles. The van der Waals surface area contributed by atoms with Crippen LogP contribution < -0.4 is 0 Å². The highest BCUT2D eigenvalue weighted by Gasteiger charge is 2.14. The molecule has 2 N–H and O–H groups in total. The van der Waals surface area contributed by atoms with Crippen molar-refractivity contribution in [3.8, 4) is 5.75 Å². The molecule has 0 aliphatic rings. The summed E-state index contributed by atoms with van der Waals surface area (Å²) in [6.07, 6.45) is 4.19. The number of aryl methyl sites for hydroxylation is 1. The highest BCUT2D eigenvalue weighted by molar-refractivity contribution is 5.92. The number of aromatic hydroxyl groups is 1. The van der Waals surface area contributed by atoms with Crippen molar-refractivity contribution in [1.29, 1.82) is 0 Å².